The van der Waals surface area contributed by atoms with Gasteiger partial charge in [0, 0.05) is 11.6 Å². The molecule has 0 fully saturated rings. The van der Waals surface area contributed by atoms with Crippen LogP contribution in [0.15, 0.2) is 24.3 Å². The van der Waals surface area contributed by atoms with Crippen LogP contribution in [0.5, 0.6) is 0 Å². The Balaban J connectivity index is 2.42. The highest BCUT2D eigenvalue weighted by atomic mass is 35.5. The molecule has 1 atom stereocenters. The van der Waals surface area contributed by atoms with E-state index in [1.54, 1.807) is 24.3 Å². The van der Waals surface area contributed by atoms with Crippen LogP contribution in [0.25, 0.3) is 0 Å². The van der Waals surface area contributed by atoms with Crippen molar-refractivity contribution in [2.75, 3.05) is 0 Å². The van der Waals surface area contributed by atoms with Gasteiger partial charge in [0.25, 0.3) is 0 Å². The molecule has 0 aliphatic heterocycles. The van der Waals surface area contributed by atoms with Crippen molar-refractivity contribution in [1.82, 2.24) is 10.6 Å². The molecule has 0 radical (unpaired) electrons. The van der Waals surface area contributed by atoms with Crippen molar-refractivity contribution in [2.24, 2.45) is 0 Å². The Kier molecular flexibility index (Phi) is 6.15. The van der Waals surface area contributed by atoms with Crippen LogP contribution in [0.1, 0.15) is 25.3 Å². The summed E-state index contributed by atoms with van der Waals surface area (Å²) in [7, 11) is 0. The van der Waals surface area contributed by atoms with Crippen LogP contribution >= 0.6 is 11.6 Å². The molecule has 0 bridgehead atoms. The van der Waals surface area contributed by atoms with E-state index < -0.39 is 18.0 Å². The van der Waals surface area contributed by atoms with Gasteiger partial charge in [-0.25, -0.2) is 9.59 Å². The van der Waals surface area contributed by atoms with E-state index in [4.69, 9.17) is 16.7 Å². The Labute approximate surface area is 117 Å². The molecular weight excluding hydrogens is 268 g/mol. The first-order chi connectivity index (χ1) is 9.02. The molecule has 0 aliphatic rings. The second-order valence-electron chi connectivity index (χ2n) is 4.13. The van der Waals surface area contributed by atoms with E-state index in [1.807, 2.05) is 6.92 Å². The zero-order valence-electron chi connectivity index (χ0n) is 10.6. The first-order valence-corrected chi connectivity index (χ1v) is 6.42. The van der Waals surface area contributed by atoms with Crippen LogP contribution in [-0.4, -0.2) is 23.1 Å². The van der Waals surface area contributed by atoms with Crippen molar-refractivity contribution in [3.05, 3.63) is 34.9 Å². The van der Waals surface area contributed by atoms with Crippen LogP contribution in [0.4, 0.5) is 4.79 Å². The zero-order chi connectivity index (χ0) is 14.3. The van der Waals surface area contributed by atoms with Crippen molar-refractivity contribution in [2.45, 2.75) is 32.4 Å². The summed E-state index contributed by atoms with van der Waals surface area (Å²) in [6.45, 7) is 2.19. The zero-order valence-corrected chi connectivity index (χ0v) is 11.4. The average Bonchev–Trinajstić information content (AvgIpc) is 2.37. The molecule has 0 spiro atoms. The fourth-order valence-electron chi connectivity index (χ4n) is 1.54. The smallest absolute Gasteiger partial charge is 0.326 e. The van der Waals surface area contributed by atoms with E-state index in [1.165, 1.54) is 0 Å². The molecule has 1 rings (SSSR count). The van der Waals surface area contributed by atoms with E-state index in [0.29, 0.717) is 24.4 Å². The van der Waals surface area contributed by atoms with E-state index >= 15 is 0 Å². The number of benzene rings is 1. The number of halogens is 1. The number of rotatable bonds is 6. The number of urea groups is 1. The van der Waals surface area contributed by atoms with Gasteiger partial charge < -0.3 is 15.7 Å². The minimum absolute atomic E-state index is 0.321. The molecule has 1 aromatic rings. The summed E-state index contributed by atoms with van der Waals surface area (Å²) in [5.74, 6) is -1.02. The topological polar surface area (TPSA) is 78.4 Å². The molecule has 1 aromatic carbocycles. The summed E-state index contributed by atoms with van der Waals surface area (Å²) >= 11 is 5.75. The van der Waals surface area contributed by atoms with Crippen molar-refractivity contribution in [3.63, 3.8) is 0 Å². The molecule has 6 heteroatoms. The molecule has 19 heavy (non-hydrogen) atoms. The molecule has 104 valence electrons. The van der Waals surface area contributed by atoms with Crippen molar-refractivity contribution in [3.8, 4) is 0 Å². The summed E-state index contributed by atoms with van der Waals surface area (Å²) in [6, 6.07) is 5.71. The van der Waals surface area contributed by atoms with Gasteiger partial charge in [0.05, 0.1) is 0 Å². The lowest BCUT2D eigenvalue weighted by atomic mass is 10.2. The predicted molar refractivity (Wildman–Crippen MR) is 73.2 cm³/mol. The third kappa shape index (κ3) is 5.61. The van der Waals surface area contributed by atoms with Gasteiger partial charge in [0.2, 0.25) is 0 Å². The van der Waals surface area contributed by atoms with Gasteiger partial charge >= 0.3 is 12.0 Å². The van der Waals surface area contributed by atoms with Crippen LogP contribution in [0.2, 0.25) is 5.02 Å². The lowest BCUT2D eigenvalue weighted by Crippen LogP contribution is -2.45. The Hall–Kier alpha value is -1.75. The van der Waals surface area contributed by atoms with E-state index in [-0.39, 0.29) is 0 Å². The molecule has 2 amide bonds. The predicted octanol–water partition coefficient (Wildman–Crippen LogP) is 2.39. The fourth-order valence-corrected chi connectivity index (χ4v) is 1.67. The summed E-state index contributed by atoms with van der Waals surface area (Å²) in [5.41, 5.74) is 0.891. The van der Waals surface area contributed by atoms with E-state index in [9.17, 15) is 9.59 Å². The Morgan fingerprint density at radius 2 is 1.95 bits per heavy atom. The normalized spacial score (nSPS) is 11.7. The molecule has 0 saturated heterocycles. The minimum Gasteiger partial charge on any atom is -0.480 e. The summed E-state index contributed by atoms with van der Waals surface area (Å²) < 4.78 is 0. The number of amides is 2. The average molecular weight is 285 g/mol. The molecule has 3 N–H and O–H groups in total. The van der Waals surface area contributed by atoms with Gasteiger partial charge in [-0.15, -0.1) is 0 Å². The highest BCUT2D eigenvalue weighted by molar-refractivity contribution is 6.30. The number of hydrogen-bond acceptors (Lipinski definition) is 2. The van der Waals surface area contributed by atoms with Crippen molar-refractivity contribution < 1.29 is 14.7 Å². The van der Waals surface area contributed by atoms with Gasteiger partial charge in [-0.2, -0.15) is 0 Å². The number of carbonyl (C=O) groups excluding carboxylic acids is 1. The van der Waals surface area contributed by atoms with Gasteiger partial charge in [-0.1, -0.05) is 37.1 Å². The number of carbonyl (C=O) groups is 2. The third-order valence-electron chi connectivity index (χ3n) is 2.55. The minimum atomic E-state index is -1.02. The third-order valence-corrected chi connectivity index (χ3v) is 2.80. The maximum absolute atomic E-state index is 11.6. The molecular formula is C13H17ClN2O3. The molecule has 0 saturated carbocycles. The summed E-state index contributed by atoms with van der Waals surface area (Å²) in [6.07, 6.45) is 1.10. The SMILES string of the molecule is CCC[C@@H](NC(=O)NCc1ccc(Cl)cc1)C(=O)O. The van der Waals surface area contributed by atoms with Gasteiger partial charge in [0.1, 0.15) is 6.04 Å². The van der Waals surface area contributed by atoms with Crippen molar-refractivity contribution in [1.29, 1.82) is 0 Å². The standard InChI is InChI=1S/C13H17ClN2O3/c1-2-3-11(12(17)18)16-13(19)15-8-9-4-6-10(14)7-5-9/h4-7,11H,2-3,8H2,1H3,(H,17,18)(H2,15,16,19)/t11-/m1/s1. The van der Waals surface area contributed by atoms with Crippen molar-refractivity contribution >= 4 is 23.6 Å². The number of nitrogens with one attached hydrogen (secondary N) is 2. The van der Waals surface area contributed by atoms with Crippen LogP contribution < -0.4 is 10.6 Å². The molecule has 0 unspecified atom stereocenters. The maximum Gasteiger partial charge on any atom is 0.326 e. The first-order valence-electron chi connectivity index (χ1n) is 6.04. The molecule has 0 aliphatic carbocycles. The largest absolute Gasteiger partial charge is 0.480 e. The Bertz CT molecular complexity index is 434. The van der Waals surface area contributed by atoms with Gasteiger partial charge in [0.15, 0.2) is 0 Å². The monoisotopic (exact) mass is 284 g/mol. The Morgan fingerprint density at radius 3 is 2.47 bits per heavy atom. The molecule has 0 heterocycles. The lowest BCUT2D eigenvalue weighted by molar-refractivity contribution is -0.139. The maximum atomic E-state index is 11.6. The number of carboxylic acid groups (broad SMARTS) is 1. The first kappa shape index (κ1) is 15.3. The second-order valence-corrected chi connectivity index (χ2v) is 4.57. The summed E-state index contributed by atoms with van der Waals surface area (Å²) in [5, 5.41) is 14.6. The lowest BCUT2D eigenvalue weighted by Gasteiger charge is -2.14. The number of carboxylic acids is 1. The highest BCUT2D eigenvalue weighted by Crippen LogP contribution is 2.09. The fraction of sp³-hybridized carbons (Fsp3) is 0.385. The van der Waals surface area contributed by atoms with E-state index in [2.05, 4.69) is 10.6 Å². The van der Waals surface area contributed by atoms with Gasteiger partial charge in [-0.3, -0.25) is 0 Å². The van der Waals surface area contributed by atoms with E-state index in [0.717, 1.165) is 5.56 Å². The van der Waals surface area contributed by atoms with Crippen LogP contribution in [-0.2, 0) is 11.3 Å². The quantitative estimate of drug-likeness (QED) is 0.750. The molecule has 5 nitrogen and oxygen atoms in total. The van der Waals surface area contributed by atoms with Gasteiger partial charge in [-0.05, 0) is 24.1 Å². The van der Waals surface area contributed by atoms with Crippen LogP contribution in [0.3, 0.4) is 0 Å². The highest BCUT2D eigenvalue weighted by Gasteiger charge is 2.18. The van der Waals surface area contributed by atoms with Crippen LogP contribution in [0, 0.1) is 0 Å². The molecule has 0 aromatic heterocycles. The second kappa shape index (κ2) is 7.63. The Morgan fingerprint density at radius 1 is 1.32 bits per heavy atom. The number of aliphatic carboxylic acids is 1. The number of hydrogen-bond donors (Lipinski definition) is 3. The summed E-state index contributed by atoms with van der Waals surface area (Å²) in [4.78, 5) is 22.4.